The standard InChI is InChI=1S/C30H41N5O5.C2HF3O2/c1-18(2)26(34-28(37)19(3)32-4)30(39)35-15-7-10-25(35)29(38)33-24(27(31)36)17-20-8-6-9-22(16-20)21-11-13-23(40-5)14-12-21;3-2(4,5)1(6)7/h6,8-9,11-14,16,18-19,24-26,32H,7,10,15,17H2,1-5H3,(H2,31,36)(H,33,38)(H,34,37);(H,6,7)/t19-,24-,25-,26-;/m0./s1. The fourth-order valence-electron chi connectivity index (χ4n) is 4.79. The summed E-state index contributed by atoms with van der Waals surface area (Å²) in [6, 6.07) is 12.4. The number of halogens is 3. The van der Waals surface area contributed by atoms with Crippen LogP contribution in [-0.2, 0) is 30.4 Å². The monoisotopic (exact) mass is 665 g/mol. The van der Waals surface area contributed by atoms with E-state index in [0.29, 0.717) is 19.4 Å². The van der Waals surface area contributed by atoms with Gasteiger partial charge in [0, 0.05) is 13.0 Å². The number of amides is 4. The van der Waals surface area contributed by atoms with E-state index in [2.05, 4.69) is 16.0 Å². The number of likely N-dealkylation sites (tertiary alicyclic amines) is 1. The molecule has 6 N–H and O–H groups in total. The Balaban J connectivity index is 0.000000984. The van der Waals surface area contributed by atoms with Crippen molar-refractivity contribution in [3.05, 3.63) is 54.1 Å². The molecule has 0 aliphatic carbocycles. The Labute approximate surface area is 271 Å². The molecule has 4 atom stereocenters. The van der Waals surface area contributed by atoms with Gasteiger partial charge in [0.1, 0.15) is 23.9 Å². The highest BCUT2D eigenvalue weighted by atomic mass is 19.4. The first-order valence-electron chi connectivity index (χ1n) is 14.9. The molecule has 0 spiro atoms. The van der Waals surface area contributed by atoms with Crippen molar-refractivity contribution in [2.24, 2.45) is 11.7 Å². The maximum absolute atomic E-state index is 13.5. The number of benzene rings is 2. The molecule has 0 bridgehead atoms. The molecule has 1 saturated heterocycles. The van der Waals surface area contributed by atoms with Crippen molar-refractivity contribution in [2.45, 2.75) is 70.4 Å². The third-order valence-electron chi connectivity index (χ3n) is 7.59. The van der Waals surface area contributed by atoms with Crippen LogP contribution in [0.3, 0.4) is 0 Å². The van der Waals surface area contributed by atoms with Crippen molar-refractivity contribution in [1.29, 1.82) is 0 Å². The van der Waals surface area contributed by atoms with E-state index in [1.165, 1.54) is 4.90 Å². The summed E-state index contributed by atoms with van der Waals surface area (Å²) in [6.07, 6.45) is -3.78. The lowest BCUT2D eigenvalue weighted by Crippen LogP contribution is -2.58. The number of hydrogen-bond acceptors (Lipinski definition) is 7. The van der Waals surface area contributed by atoms with Crippen molar-refractivity contribution in [3.63, 3.8) is 0 Å². The largest absolute Gasteiger partial charge is 0.497 e. The number of primary amides is 1. The fourth-order valence-corrected chi connectivity index (χ4v) is 4.79. The summed E-state index contributed by atoms with van der Waals surface area (Å²) in [5, 5.41) is 15.6. The number of nitrogens with zero attached hydrogens (tertiary/aromatic N) is 1. The number of hydrogen-bond donors (Lipinski definition) is 5. The Morgan fingerprint density at radius 1 is 1.02 bits per heavy atom. The smallest absolute Gasteiger partial charge is 0.490 e. The van der Waals surface area contributed by atoms with Crippen LogP contribution in [0.25, 0.3) is 11.1 Å². The van der Waals surface area contributed by atoms with Gasteiger partial charge in [0.2, 0.25) is 23.6 Å². The van der Waals surface area contributed by atoms with Gasteiger partial charge in [-0.05, 0) is 61.6 Å². The zero-order chi connectivity index (χ0) is 35.5. The zero-order valence-electron chi connectivity index (χ0n) is 26.9. The maximum atomic E-state index is 13.5. The Morgan fingerprint density at radius 2 is 1.64 bits per heavy atom. The van der Waals surface area contributed by atoms with E-state index >= 15 is 0 Å². The van der Waals surface area contributed by atoms with Crippen LogP contribution >= 0.6 is 0 Å². The third kappa shape index (κ3) is 11.3. The van der Waals surface area contributed by atoms with Gasteiger partial charge in [-0.25, -0.2) is 4.79 Å². The minimum Gasteiger partial charge on any atom is -0.497 e. The van der Waals surface area contributed by atoms with Crippen LogP contribution in [0.4, 0.5) is 13.2 Å². The number of nitrogens with one attached hydrogen (secondary N) is 3. The molecular weight excluding hydrogens is 623 g/mol. The number of likely N-dealkylation sites (N-methyl/N-ethyl adjacent to an activating group) is 1. The molecule has 2 aromatic rings. The molecule has 0 aromatic heterocycles. The molecule has 258 valence electrons. The molecule has 12 nitrogen and oxygen atoms in total. The van der Waals surface area contributed by atoms with Gasteiger partial charge >= 0.3 is 12.1 Å². The number of methoxy groups -OCH3 is 1. The summed E-state index contributed by atoms with van der Waals surface area (Å²) >= 11 is 0. The van der Waals surface area contributed by atoms with Crippen molar-refractivity contribution in [2.75, 3.05) is 20.7 Å². The number of carboxylic acid groups (broad SMARTS) is 1. The van der Waals surface area contributed by atoms with E-state index in [1.807, 2.05) is 62.4 Å². The van der Waals surface area contributed by atoms with E-state index in [9.17, 15) is 32.3 Å². The molecular formula is C32H42F3N5O7. The molecule has 47 heavy (non-hydrogen) atoms. The van der Waals surface area contributed by atoms with Crippen molar-refractivity contribution >= 4 is 29.6 Å². The highest BCUT2D eigenvalue weighted by Crippen LogP contribution is 2.24. The normalized spacial score (nSPS) is 16.3. The molecule has 1 aliphatic rings. The van der Waals surface area contributed by atoms with Crippen LogP contribution in [0.15, 0.2) is 48.5 Å². The molecule has 1 fully saturated rings. The second-order valence-corrected chi connectivity index (χ2v) is 11.3. The lowest BCUT2D eigenvalue weighted by Gasteiger charge is -2.31. The van der Waals surface area contributed by atoms with Gasteiger partial charge in [-0.3, -0.25) is 19.2 Å². The first-order chi connectivity index (χ1) is 22.0. The van der Waals surface area contributed by atoms with Gasteiger partial charge < -0.3 is 36.4 Å². The van der Waals surface area contributed by atoms with Gasteiger partial charge in [0.15, 0.2) is 0 Å². The Bertz CT molecular complexity index is 1400. The molecule has 0 unspecified atom stereocenters. The Kier molecular flexibility index (Phi) is 14.2. The third-order valence-corrected chi connectivity index (χ3v) is 7.59. The van der Waals surface area contributed by atoms with Crippen LogP contribution in [0.2, 0.25) is 0 Å². The zero-order valence-corrected chi connectivity index (χ0v) is 26.9. The number of rotatable bonds is 12. The minimum absolute atomic E-state index is 0.179. The molecule has 15 heteroatoms. The number of alkyl halides is 3. The lowest BCUT2D eigenvalue weighted by atomic mass is 9.98. The highest BCUT2D eigenvalue weighted by Gasteiger charge is 2.40. The first-order valence-corrected chi connectivity index (χ1v) is 14.9. The SMILES string of the molecule is CN[C@@H](C)C(=O)N[C@H](C(=O)N1CCC[C@H]1C(=O)N[C@@H](Cc1cccc(-c2ccc(OC)cc2)c1)C(N)=O)C(C)C.O=C(O)C(F)(F)F. The van der Waals surface area contributed by atoms with Gasteiger partial charge in [-0.15, -0.1) is 0 Å². The van der Waals surface area contributed by atoms with E-state index in [1.54, 1.807) is 21.1 Å². The minimum atomic E-state index is -5.08. The van der Waals surface area contributed by atoms with E-state index in [-0.39, 0.29) is 24.2 Å². The lowest BCUT2D eigenvalue weighted by molar-refractivity contribution is -0.192. The predicted octanol–water partition coefficient (Wildman–Crippen LogP) is 2.25. The quantitative estimate of drug-likeness (QED) is 0.229. The fraction of sp³-hybridized carbons (Fsp3) is 0.469. The van der Waals surface area contributed by atoms with Crippen molar-refractivity contribution in [1.82, 2.24) is 20.9 Å². The summed E-state index contributed by atoms with van der Waals surface area (Å²) in [5.41, 5.74) is 8.46. The molecule has 1 heterocycles. The second-order valence-electron chi connectivity index (χ2n) is 11.3. The van der Waals surface area contributed by atoms with Crippen LogP contribution in [0, 0.1) is 5.92 Å². The number of carbonyl (C=O) groups is 5. The topological polar surface area (TPSA) is 180 Å². The Hall–Kier alpha value is -4.66. The summed E-state index contributed by atoms with van der Waals surface area (Å²) < 4.78 is 37.0. The maximum Gasteiger partial charge on any atom is 0.490 e. The number of carbonyl (C=O) groups excluding carboxylic acids is 4. The average Bonchev–Trinajstić information content (AvgIpc) is 3.52. The van der Waals surface area contributed by atoms with Gasteiger partial charge in [-0.1, -0.05) is 50.2 Å². The van der Waals surface area contributed by atoms with Crippen molar-refractivity contribution in [3.8, 4) is 16.9 Å². The van der Waals surface area contributed by atoms with Crippen molar-refractivity contribution < 1.29 is 47.0 Å². The van der Waals surface area contributed by atoms with E-state index in [4.69, 9.17) is 20.4 Å². The Morgan fingerprint density at radius 3 is 2.15 bits per heavy atom. The number of ether oxygens (including phenoxy) is 1. The summed E-state index contributed by atoms with van der Waals surface area (Å²) in [5.74, 6) is -3.88. The number of aliphatic carboxylic acids is 1. The summed E-state index contributed by atoms with van der Waals surface area (Å²) in [6.45, 7) is 5.80. The molecule has 1 aliphatic heterocycles. The van der Waals surface area contributed by atoms with Crippen LogP contribution in [0.1, 0.15) is 39.2 Å². The second kappa shape index (κ2) is 17.3. The van der Waals surface area contributed by atoms with Gasteiger partial charge in [-0.2, -0.15) is 13.2 Å². The molecule has 4 amide bonds. The van der Waals surface area contributed by atoms with Crippen LogP contribution in [-0.4, -0.2) is 90.7 Å². The summed E-state index contributed by atoms with van der Waals surface area (Å²) in [4.78, 5) is 62.1. The summed E-state index contributed by atoms with van der Waals surface area (Å²) in [7, 11) is 3.28. The number of nitrogens with two attached hydrogens (primary N) is 1. The first kappa shape index (κ1) is 38.5. The number of carboxylic acids is 1. The average molecular weight is 666 g/mol. The molecule has 0 radical (unpaired) electrons. The highest BCUT2D eigenvalue weighted by molar-refractivity contribution is 5.95. The van der Waals surface area contributed by atoms with E-state index in [0.717, 1.165) is 22.4 Å². The van der Waals surface area contributed by atoms with Gasteiger partial charge in [0.25, 0.3) is 0 Å². The van der Waals surface area contributed by atoms with Gasteiger partial charge in [0.05, 0.1) is 13.2 Å². The molecule has 3 rings (SSSR count). The van der Waals surface area contributed by atoms with Crippen LogP contribution in [0.5, 0.6) is 5.75 Å². The van der Waals surface area contributed by atoms with Crippen LogP contribution < -0.4 is 26.4 Å². The predicted molar refractivity (Wildman–Crippen MR) is 167 cm³/mol. The van der Waals surface area contributed by atoms with E-state index < -0.39 is 48.1 Å². The molecule has 2 aromatic carbocycles. The molecule has 0 saturated carbocycles.